The van der Waals surface area contributed by atoms with Gasteiger partial charge in [-0.3, -0.25) is 9.69 Å². The number of thiazole rings is 1. The van der Waals surface area contributed by atoms with E-state index in [1.165, 1.54) is 22.3 Å². The highest BCUT2D eigenvalue weighted by Crippen LogP contribution is 2.32. The van der Waals surface area contributed by atoms with Crippen molar-refractivity contribution in [3.05, 3.63) is 72.3 Å². The van der Waals surface area contributed by atoms with Crippen LogP contribution in [-0.4, -0.2) is 17.4 Å². The van der Waals surface area contributed by atoms with Crippen molar-refractivity contribution in [3.8, 4) is 0 Å². The van der Waals surface area contributed by atoms with Gasteiger partial charge >= 0.3 is 0 Å². The Morgan fingerprint density at radius 1 is 1.31 bits per heavy atom. The van der Waals surface area contributed by atoms with Crippen molar-refractivity contribution in [1.29, 1.82) is 0 Å². The van der Waals surface area contributed by atoms with Crippen LogP contribution in [0.25, 0.3) is 21.2 Å². The molecule has 0 fully saturated rings. The Morgan fingerprint density at radius 3 is 2.85 bits per heavy atom. The van der Waals surface area contributed by atoms with Crippen LogP contribution < -0.4 is 4.90 Å². The highest BCUT2D eigenvalue weighted by molar-refractivity contribution is 7.22. The van der Waals surface area contributed by atoms with Gasteiger partial charge in [0.15, 0.2) is 22.3 Å². The molecule has 0 bridgehead atoms. The van der Waals surface area contributed by atoms with Gasteiger partial charge in [0.1, 0.15) is 0 Å². The fourth-order valence-electron chi connectivity index (χ4n) is 2.89. The quantitative estimate of drug-likeness (QED) is 0.459. The summed E-state index contributed by atoms with van der Waals surface area (Å²) in [4.78, 5) is 19.2. The van der Waals surface area contributed by atoms with Crippen LogP contribution in [0.1, 0.15) is 16.1 Å². The minimum atomic E-state index is -0.486. The van der Waals surface area contributed by atoms with Gasteiger partial charge in [0, 0.05) is 17.5 Å². The van der Waals surface area contributed by atoms with E-state index < -0.39 is 5.82 Å². The molecule has 0 saturated heterocycles. The number of amides is 1. The third-order valence-electron chi connectivity index (χ3n) is 4.18. The lowest BCUT2D eigenvalue weighted by molar-refractivity contribution is 0.0964. The zero-order chi connectivity index (χ0) is 18.3. The lowest BCUT2D eigenvalue weighted by Crippen LogP contribution is -2.31. The van der Waals surface area contributed by atoms with E-state index in [1.54, 1.807) is 25.1 Å². The van der Waals surface area contributed by atoms with Crippen molar-refractivity contribution < 1.29 is 13.6 Å². The highest BCUT2D eigenvalue weighted by Gasteiger charge is 2.26. The minimum Gasteiger partial charge on any atom is -0.448 e. The number of carbonyl (C=O) groups excluding carboxylic acids is 1. The van der Waals surface area contributed by atoms with Crippen LogP contribution >= 0.6 is 11.3 Å². The molecule has 0 unspecified atom stereocenters. The molecule has 1 amide bonds. The zero-order valence-corrected chi connectivity index (χ0v) is 14.8. The average Bonchev–Trinajstić information content (AvgIpc) is 3.21. The van der Waals surface area contributed by atoms with Crippen LogP contribution in [0.15, 0.2) is 59.5 Å². The molecule has 4 aromatic rings. The number of carbonyl (C=O) groups is 1. The van der Waals surface area contributed by atoms with E-state index in [0.717, 1.165) is 10.2 Å². The molecule has 26 heavy (non-hydrogen) atoms. The Kier molecular flexibility index (Phi) is 4.05. The van der Waals surface area contributed by atoms with Crippen LogP contribution in [0, 0.1) is 12.7 Å². The van der Waals surface area contributed by atoms with Gasteiger partial charge in [-0.05, 0) is 25.1 Å². The van der Waals surface area contributed by atoms with Gasteiger partial charge in [0.25, 0.3) is 5.91 Å². The first kappa shape index (κ1) is 16.5. The molecule has 0 aliphatic carbocycles. The Balaban J connectivity index is 1.82. The van der Waals surface area contributed by atoms with E-state index in [9.17, 15) is 9.18 Å². The number of hydrogen-bond donors (Lipinski definition) is 0. The predicted molar refractivity (Wildman–Crippen MR) is 102 cm³/mol. The van der Waals surface area contributed by atoms with Gasteiger partial charge in [-0.2, -0.15) is 0 Å². The van der Waals surface area contributed by atoms with Gasteiger partial charge in [0.05, 0.1) is 10.2 Å². The molecule has 130 valence electrons. The van der Waals surface area contributed by atoms with E-state index in [-0.39, 0.29) is 23.8 Å². The maximum atomic E-state index is 14.0. The van der Waals surface area contributed by atoms with Crippen molar-refractivity contribution in [1.82, 2.24) is 4.98 Å². The number of para-hydroxylation sites is 2. The Morgan fingerprint density at radius 2 is 2.12 bits per heavy atom. The van der Waals surface area contributed by atoms with E-state index >= 15 is 0 Å². The highest BCUT2D eigenvalue weighted by atomic mass is 32.1. The van der Waals surface area contributed by atoms with E-state index in [1.807, 2.05) is 24.3 Å². The Hall–Kier alpha value is -2.99. The number of aromatic nitrogens is 1. The van der Waals surface area contributed by atoms with Gasteiger partial charge in [0.2, 0.25) is 0 Å². The molecule has 0 aliphatic heterocycles. The number of halogens is 1. The first-order valence-corrected chi connectivity index (χ1v) is 8.87. The van der Waals surface area contributed by atoms with Crippen molar-refractivity contribution in [2.45, 2.75) is 6.92 Å². The molecule has 4 rings (SSSR count). The summed E-state index contributed by atoms with van der Waals surface area (Å²) < 4.78 is 20.6. The van der Waals surface area contributed by atoms with E-state index in [0.29, 0.717) is 16.1 Å². The summed E-state index contributed by atoms with van der Waals surface area (Å²) in [6.07, 6.45) is 1.63. The van der Waals surface area contributed by atoms with Crippen LogP contribution in [0.5, 0.6) is 0 Å². The molecule has 2 aromatic carbocycles. The molecular weight excluding hydrogens is 351 g/mol. The summed E-state index contributed by atoms with van der Waals surface area (Å²) in [6, 6.07) is 12.3. The molecule has 0 saturated carbocycles. The number of benzene rings is 2. The van der Waals surface area contributed by atoms with Crippen molar-refractivity contribution in [2.75, 3.05) is 11.4 Å². The molecule has 2 heterocycles. The van der Waals surface area contributed by atoms with Crippen LogP contribution in [0.4, 0.5) is 9.52 Å². The third-order valence-corrected chi connectivity index (χ3v) is 5.24. The van der Waals surface area contributed by atoms with Gasteiger partial charge in [-0.15, -0.1) is 6.58 Å². The number of anilines is 1. The zero-order valence-electron chi connectivity index (χ0n) is 14.0. The SMILES string of the molecule is C=CCN(C(=O)c1oc2c(F)cccc2c1C)c1nc2ccccc2s1. The molecule has 4 nitrogen and oxygen atoms in total. The number of hydrogen-bond acceptors (Lipinski definition) is 4. The van der Waals surface area contributed by atoms with Gasteiger partial charge in [-0.1, -0.05) is 41.7 Å². The van der Waals surface area contributed by atoms with Gasteiger partial charge in [-0.25, -0.2) is 9.37 Å². The lowest BCUT2D eigenvalue weighted by atomic mass is 10.1. The molecule has 0 radical (unpaired) electrons. The third kappa shape index (κ3) is 2.59. The predicted octanol–water partition coefficient (Wildman–Crippen LogP) is 5.32. The second-order valence-electron chi connectivity index (χ2n) is 5.84. The van der Waals surface area contributed by atoms with Gasteiger partial charge < -0.3 is 4.42 Å². The standard InChI is InChI=1S/C20H15FN2O2S/c1-3-11-23(20-22-15-9-4-5-10-16(15)26-20)19(24)17-12(2)13-7-6-8-14(21)18(13)25-17/h3-10H,1,11H2,2H3. The molecule has 0 atom stereocenters. The summed E-state index contributed by atoms with van der Waals surface area (Å²) >= 11 is 1.41. The molecule has 0 spiro atoms. The van der Waals surface area contributed by atoms with Crippen molar-refractivity contribution >= 4 is 43.6 Å². The van der Waals surface area contributed by atoms with Crippen LogP contribution in [0.3, 0.4) is 0 Å². The Bertz CT molecular complexity index is 1110. The summed E-state index contributed by atoms with van der Waals surface area (Å²) in [6.45, 7) is 5.76. The lowest BCUT2D eigenvalue weighted by Gasteiger charge is -2.16. The number of rotatable bonds is 4. The fraction of sp³-hybridized carbons (Fsp3) is 0.100. The molecule has 0 N–H and O–H groups in total. The number of fused-ring (bicyclic) bond motifs is 2. The van der Waals surface area contributed by atoms with Crippen LogP contribution in [0.2, 0.25) is 0 Å². The van der Waals surface area contributed by atoms with E-state index in [4.69, 9.17) is 4.42 Å². The normalized spacial score (nSPS) is 11.2. The number of aryl methyl sites for hydroxylation is 1. The maximum absolute atomic E-state index is 14.0. The summed E-state index contributed by atoms with van der Waals surface area (Å²) in [7, 11) is 0. The maximum Gasteiger partial charge on any atom is 0.296 e. The monoisotopic (exact) mass is 366 g/mol. The molecule has 6 heteroatoms. The average molecular weight is 366 g/mol. The summed E-state index contributed by atoms with van der Waals surface area (Å²) in [5.74, 6) is -0.733. The topological polar surface area (TPSA) is 46.3 Å². The smallest absolute Gasteiger partial charge is 0.296 e. The second kappa shape index (κ2) is 6.38. The number of nitrogens with zero attached hydrogens (tertiary/aromatic N) is 2. The van der Waals surface area contributed by atoms with E-state index in [2.05, 4.69) is 11.6 Å². The molecule has 2 aromatic heterocycles. The van der Waals surface area contributed by atoms with Crippen molar-refractivity contribution in [3.63, 3.8) is 0 Å². The summed E-state index contributed by atoms with van der Waals surface area (Å²) in [5.41, 5.74) is 1.53. The molecular formula is C20H15FN2O2S. The van der Waals surface area contributed by atoms with Crippen LogP contribution in [-0.2, 0) is 0 Å². The van der Waals surface area contributed by atoms with Crippen molar-refractivity contribution in [2.24, 2.45) is 0 Å². The summed E-state index contributed by atoms with van der Waals surface area (Å²) in [5, 5.41) is 1.15. The first-order valence-electron chi connectivity index (χ1n) is 8.06. The molecule has 0 aliphatic rings. The first-order chi connectivity index (χ1) is 12.6. The number of furan rings is 1. The largest absolute Gasteiger partial charge is 0.448 e. The Labute approximate surface area is 153 Å². The second-order valence-corrected chi connectivity index (χ2v) is 6.85. The minimum absolute atomic E-state index is 0.0937. The fourth-order valence-corrected chi connectivity index (χ4v) is 3.86.